The fourth-order valence-electron chi connectivity index (χ4n) is 0.654. The SMILES string of the molecule is COC1CS(=O)(=O)C1. The standard InChI is InChI=1S/C4H8O3S/c1-7-4-2-8(5,6)3-4/h4H,2-3H2,1H3. The summed E-state index contributed by atoms with van der Waals surface area (Å²) < 4.78 is 25.5. The van der Waals surface area contributed by atoms with Gasteiger partial charge in [0.05, 0.1) is 17.6 Å². The van der Waals surface area contributed by atoms with Gasteiger partial charge in [-0.1, -0.05) is 0 Å². The molecule has 0 radical (unpaired) electrons. The van der Waals surface area contributed by atoms with E-state index in [0.717, 1.165) is 0 Å². The Labute approximate surface area is 48.6 Å². The number of methoxy groups -OCH3 is 1. The zero-order chi connectivity index (χ0) is 6.20. The molecule has 48 valence electrons. The lowest BCUT2D eigenvalue weighted by Gasteiger charge is -2.23. The molecule has 0 amide bonds. The molecule has 1 heterocycles. The van der Waals surface area contributed by atoms with Crippen molar-refractivity contribution in [1.82, 2.24) is 0 Å². The Morgan fingerprint density at radius 3 is 2.12 bits per heavy atom. The Morgan fingerprint density at radius 1 is 1.50 bits per heavy atom. The van der Waals surface area contributed by atoms with E-state index in [-0.39, 0.29) is 17.6 Å². The lowest BCUT2D eigenvalue weighted by Crippen LogP contribution is -2.42. The highest BCUT2D eigenvalue weighted by Crippen LogP contribution is 2.12. The number of ether oxygens (including phenoxy) is 1. The number of sulfone groups is 1. The average Bonchev–Trinajstić information content (AvgIpc) is 1.60. The van der Waals surface area contributed by atoms with Gasteiger partial charge in [0.25, 0.3) is 0 Å². The maximum absolute atomic E-state index is 10.4. The molecule has 4 heteroatoms. The van der Waals surface area contributed by atoms with Crippen LogP contribution >= 0.6 is 0 Å². The minimum Gasteiger partial charge on any atom is -0.379 e. The molecule has 0 N–H and O–H groups in total. The maximum atomic E-state index is 10.4. The van der Waals surface area contributed by atoms with E-state index in [0.29, 0.717) is 0 Å². The van der Waals surface area contributed by atoms with Crippen molar-refractivity contribution < 1.29 is 13.2 Å². The van der Waals surface area contributed by atoms with Gasteiger partial charge in [-0.05, 0) is 0 Å². The number of hydrogen-bond acceptors (Lipinski definition) is 3. The number of rotatable bonds is 1. The third-order valence-corrected chi connectivity index (χ3v) is 2.97. The largest absolute Gasteiger partial charge is 0.379 e. The molecule has 1 rings (SSSR count). The highest BCUT2D eigenvalue weighted by molar-refractivity contribution is 7.92. The Morgan fingerprint density at radius 2 is 2.00 bits per heavy atom. The molecule has 1 fully saturated rings. The van der Waals surface area contributed by atoms with Gasteiger partial charge in [-0.25, -0.2) is 8.42 Å². The van der Waals surface area contributed by atoms with Crippen LogP contribution in [0, 0.1) is 0 Å². The van der Waals surface area contributed by atoms with Gasteiger partial charge >= 0.3 is 0 Å². The van der Waals surface area contributed by atoms with Crippen molar-refractivity contribution in [1.29, 1.82) is 0 Å². The van der Waals surface area contributed by atoms with Gasteiger partial charge in [0.2, 0.25) is 0 Å². The first-order valence-electron chi connectivity index (χ1n) is 2.37. The zero-order valence-corrected chi connectivity index (χ0v) is 5.44. The zero-order valence-electron chi connectivity index (χ0n) is 4.62. The predicted octanol–water partition coefficient (Wildman–Crippen LogP) is -0.570. The fourth-order valence-corrected chi connectivity index (χ4v) is 1.96. The summed E-state index contributed by atoms with van der Waals surface area (Å²) in [6, 6.07) is 0. The van der Waals surface area contributed by atoms with E-state index in [9.17, 15) is 8.42 Å². The van der Waals surface area contributed by atoms with E-state index in [2.05, 4.69) is 0 Å². The molecule has 0 aromatic carbocycles. The highest BCUT2D eigenvalue weighted by Gasteiger charge is 2.32. The van der Waals surface area contributed by atoms with Crippen LogP contribution in [-0.2, 0) is 14.6 Å². The van der Waals surface area contributed by atoms with Crippen LogP contribution in [0.2, 0.25) is 0 Å². The molecule has 0 spiro atoms. The van der Waals surface area contributed by atoms with E-state index in [1.807, 2.05) is 0 Å². The van der Waals surface area contributed by atoms with Crippen molar-refractivity contribution in [3.63, 3.8) is 0 Å². The summed E-state index contributed by atoms with van der Waals surface area (Å²) in [5.41, 5.74) is 0. The normalized spacial score (nSPS) is 27.1. The van der Waals surface area contributed by atoms with E-state index in [1.165, 1.54) is 7.11 Å². The monoisotopic (exact) mass is 136 g/mol. The van der Waals surface area contributed by atoms with Crippen molar-refractivity contribution in [3.8, 4) is 0 Å². The van der Waals surface area contributed by atoms with Crippen LogP contribution in [-0.4, -0.2) is 33.1 Å². The molecule has 3 nitrogen and oxygen atoms in total. The van der Waals surface area contributed by atoms with Crippen LogP contribution in [0.25, 0.3) is 0 Å². The minimum absolute atomic E-state index is 0.0278. The van der Waals surface area contributed by atoms with Gasteiger partial charge in [0.1, 0.15) is 0 Å². The first-order valence-corrected chi connectivity index (χ1v) is 4.19. The second-order valence-electron chi connectivity index (χ2n) is 1.93. The van der Waals surface area contributed by atoms with Crippen molar-refractivity contribution in [2.75, 3.05) is 18.6 Å². The third kappa shape index (κ3) is 1.00. The van der Waals surface area contributed by atoms with Crippen LogP contribution in [0.5, 0.6) is 0 Å². The van der Waals surface area contributed by atoms with Crippen molar-refractivity contribution >= 4 is 9.84 Å². The lowest BCUT2D eigenvalue weighted by atomic mass is 10.4. The summed E-state index contributed by atoms with van der Waals surface area (Å²) in [6.45, 7) is 0. The molecule has 1 aliphatic heterocycles. The average molecular weight is 136 g/mol. The first-order chi connectivity index (χ1) is 3.64. The summed E-state index contributed by atoms with van der Waals surface area (Å²) >= 11 is 0. The Balaban J connectivity index is 2.43. The molecule has 0 aliphatic carbocycles. The molecular formula is C4H8O3S. The fraction of sp³-hybridized carbons (Fsp3) is 1.00. The second-order valence-corrected chi connectivity index (χ2v) is 4.09. The van der Waals surface area contributed by atoms with Crippen LogP contribution in [0.4, 0.5) is 0 Å². The van der Waals surface area contributed by atoms with E-state index in [1.54, 1.807) is 0 Å². The number of hydrogen-bond donors (Lipinski definition) is 0. The first kappa shape index (κ1) is 6.04. The molecular weight excluding hydrogens is 128 g/mol. The van der Waals surface area contributed by atoms with Crippen molar-refractivity contribution in [3.05, 3.63) is 0 Å². The van der Waals surface area contributed by atoms with Gasteiger partial charge in [0.15, 0.2) is 9.84 Å². The Bertz CT molecular complexity index is 158. The molecule has 0 unspecified atom stereocenters. The second kappa shape index (κ2) is 1.70. The van der Waals surface area contributed by atoms with Gasteiger partial charge in [-0.2, -0.15) is 0 Å². The van der Waals surface area contributed by atoms with Crippen molar-refractivity contribution in [2.45, 2.75) is 6.10 Å². The van der Waals surface area contributed by atoms with E-state index >= 15 is 0 Å². The summed E-state index contributed by atoms with van der Waals surface area (Å²) in [5.74, 6) is 0.424. The molecule has 0 bridgehead atoms. The van der Waals surface area contributed by atoms with Gasteiger partial charge in [0, 0.05) is 7.11 Å². The molecule has 8 heavy (non-hydrogen) atoms. The van der Waals surface area contributed by atoms with Crippen LogP contribution in [0.3, 0.4) is 0 Å². The summed E-state index contributed by atoms with van der Waals surface area (Å²) in [7, 11) is -1.14. The molecule has 0 atom stereocenters. The quantitative estimate of drug-likeness (QED) is 0.485. The molecule has 1 aliphatic rings. The predicted molar refractivity (Wildman–Crippen MR) is 29.5 cm³/mol. The minimum atomic E-state index is -2.67. The summed E-state index contributed by atoms with van der Waals surface area (Å²) in [4.78, 5) is 0. The maximum Gasteiger partial charge on any atom is 0.155 e. The topological polar surface area (TPSA) is 43.4 Å². The van der Waals surface area contributed by atoms with Crippen molar-refractivity contribution in [2.24, 2.45) is 0 Å². The van der Waals surface area contributed by atoms with Gasteiger partial charge in [-0.15, -0.1) is 0 Å². The summed E-state index contributed by atoms with van der Waals surface area (Å²) in [5, 5.41) is 0. The van der Waals surface area contributed by atoms with E-state index < -0.39 is 9.84 Å². The molecule has 0 aromatic rings. The van der Waals surface area contributed by atoms with Crippen LogP contribution in [0.1, 0.15) is 0 Å². The van der Waals surface area contributed by atoms with Crippen LogP contribution in [0.15, 0.2) is 0 Å². The van der Waals surface area contributed by atoms with Gasteiger partial charge in [-0.3, -0.25) is 0 Å². The van der Waals surface area contributed by atoms with Gasteiger partial charge < -0.3 is 4.74 Å². The summed E-state index contributed by atoms with van der Waals surface area (Å²) in [6.07, 6.45) is -0.0278. The molecule has 0 aromatic heterocycles. The van der Waals surface area contributed by atoms with Crippen LogP contribution < -0.4 is 0 Å². The molecule has 1 saturated heterocycles. The van der Waals surface area contributed by atoms with E-state index in [4.69, 9.17) is 4.74 Å². The third-order valence-electron chi connectivity index (χ3n) is 1.21. The lowest BCUT2D eigenvalue weighted by molar-refractivity contribution is 0.126. The highest BCUT2D eigenvalue weighted by atomic mass is 32.2. The Hall–Kier alpha value is -0.0900. The smallest absolute Gasteiger partial charge is 0.155 e. The molecule has 0 saturated carbocycles. The Kier molecular flexibility index (Phi) is 1.28.